The molecule has 35 heavy (non-hydrogen) atoms. The van der Waals surface area contributed by atoms with Crippen LogP contribution in [0.5, 0.6) is 5.75 Å². The van der Waals surface area contributed by atoms with Gasteiger partial charge >= 0.3 is 5.97 Å². The Morgan fingerprint density at radius 2 is 1.83 bits per heavy atom. The number of hydrogen-bond acceptors (Lipinski definition) is 6. The third-order valence-electron chi connectivity index (χ3n) is 6.13. The summed E-state index contributed by atoms with van der Waals surface area (Å²) >= 11 is 0. The SMILES string of the molecule is CC(C)OCCOc1ccc(S(=O)(=O)N2C[C@@H](C)[C@@H](n3nc(CC(=O)O)c4ccccc43)C2)cc1. The van der Waals surface area contributed by atoms with Crippen molar-refractivity contribution in [2.45, 2.75) is 44.2 Å². The molecule has 3 aromatic rings. The number of benzene rings is 2. The third kappa shape index (κ3) is 5.50. The molecule has 2 atom stereocenters. The van der Waals surface area contributed by atoms with Crippen molar-refractivity contribution in [3.8, 4) is 5.75 Å². The van der Waals surface area contributed by atoms with Crippen molar-refractivity contribution in [1.82, 2.24) is 14.1 Å². The first-order chi connectivity index (χ1) is 16.7. The lowest BCUT2D eigenvalue weighted by Gasteiger charge is -2.18. The van der Waals surface area contributed by atoms with Gasteiger partial charge in [0.05, 0.1) is 41.3 Å². The Morgan fingerprint density at radius 1 is 1.11 bits per heavy atom. The van der Waals surface area contributed by atoms with Gasteiger partial charge in [0.25, 0.3) is 0 Å². The Labute approximate surface area is 205 Å². The first-order valence-electron chi connectivity index (χ1n) is 11.7. The van der Waals surface area contributed by atoms with E-state index in [2.05, 4.69) is 5.10 Å². The smallest absolute Gasteiger partial charge is 0.309 e. The lowest BCUT2D eigenvalue weighted by molar-refractivity contribution is -0.136. The fourth-order valence-corrected chi connectivity index (χ4v) is 5.96. The van der Waals surface area contributed by atoms with Gasteiger partial charge in [-0.25, -0.2) is 8.42 Å². The predicted molar refractivity (Wildman–Crippen MR) is 131 cm³/mol. The number of fused-ring (bicyclic) bond motifs is 1. The van der Waals surface area contributed by atoms with Crippen LogP contribution in [0.4, 0.5) is 0 Å². The van der Waals surface area contributed by atoms with E-state index in [1.54, 1.807) is 28.9 Å². The van der Waals surface area contributed by atoms with Crippen LogP contribution in [0, 0.1) is 5.92 Å². The van der Waals surface area contributed by atoms with E-state index in [0.717, 1.165) is 10.9 Å². The van der Waals surface area contributed by atoms with E-state index in [1.165, 1.54) is 4.31 Å². The van der Waals surface area contributed by atoms with Crippen LogP contribution in [0.3, 0.4) is 0 Å². The van der Waals surface area contributed by atoms with Crippen LogP contribution in [-0.2, 0) is 26.0 Å². The third-order valence-corrected chi connectivity index (χ3v) is 7.97. The van der Waals surface area contributed by atoms with E-state index in [4.69, 9.17) is 9.47 Å². The second-order valence-electron chi connectivity index (χ2n) is 9.08. The summed E-state index contributed by atoms with van der Waals surface area (Å²) in [6.45, 7) is 7.34. The van der Waals surface area contributed by atoms with Crippen LogP contribution in [0.2, 0.25) is 0 Å². The maximum Gasteiger partial charge on any atom is 0.309 e. The van der Waals surface area contributed by atoms with Gasteiger partial charge in [0.2, 0.25) is 10.0 Å². The zero-order chi connectivity index (χ0) is 25.2. The maximum atomic E-state index is 13.4. The van der Waals surface area contributed by atoms with Gasteiger partial charge in [-0.3, -0.25) is 9.48 Å². The summed E-state index contributed by atoms with van der Waals surface area (Å²) in [5, 5.41) is 14.6. The highest BCUT2D eigenvalue weighted by molar-refractivity contribution is 7.89. The quantitative estimate of drug-likeness (QED) is 0.424. The minimum Gasteiger partial charge on any atom is -0.491 e. The molecule has 1 aromatic heterocycles. The molecule has 1 N–H and O–H groups in total. The van der Waals surface area contributed by atoms with Gasteiger partial charge < -0.3 is 14.6 Å². The zero-order valence-corrected chi connectivity index (χ0v) is 20.9. The number of para-hydroxylation sites is 1. The first kappa shape index (κ1) is 25.2. The maximum absolute atomic E-state index is 13.4. The molecule has 4 rings (SSSR count). The molecule has 0 aliphatic carbocycles. The van der Waals surface area contributed by atoms with Crippen molar-refractivity contribution < 1.29 is 27.8 Å². The Bertz CT molecular complexity index is 1290. The van der Waals surface area contributed by atoms with Gasteiger partial charge in [-0.2, -0.15) is 9.40 Å². The number of rotatable bonds is 10. The molecule has 1 saturated heterocycles. The van der Waals surface area contributed by atoms with E-state index in [-0.39, 0.29) is 35.9 Å². The predicted octanol–water partition coefficient (Wildman–Crippen LogP) is 3.35. The van der Waals surface area contributed by atoms with Crippen LogP contribution in [-0.4, -0.2) is 66.0 Å². The van der Waals surface area contributed by atoms with Crippen LogP contribution in [0.15, 0.2) is 53.4 Å². The molecule has 1 aliphatic rings. The molecule has 2 heterocycles. The van der Waals surface area contributed by atoms with Gasteiger partial charge in [0.15, 0.2) is 0 Å². The van der Waals surface area contributed by atoms with Crippen LogP contribution in [0.1, 0.15) is 32.5 Å². The van der Waals surface area contributed by atoms with Gasteiger partial charge in [0.1, 0.15) is 12.4 Å². The molecule has 9 nitrogen and oxygen atoms in total. The van der Waals surface area contributed by atoms with E-state index >= 15 is 0 Å². The second kappa shape index (κ2) is 10.3. The molecule has 0 unspecified atom stereocenters. The first-order valence-corrected chi connectivity index (χ1v) is 13.1. The van der Waals surface area contributed by atoms with Crippen molar-refractivity contribution in [2.24, 2.45) is 5.92 Å². The van der Waals surface area contributed by atoms with Crippen LogP contribution >= 0.6 is 0 Å². The average molecular weight is 502 g/mol. The van der Waals surface area contributed by atoms with Gasteiger partial charge in [-0.1, -0.05) is 25.1 Å². The molecule has 0 radical (unpaired) electrons. The number of aliphatic carboxylic acids is 1. The van der Waals surface area contributed by atoms with E-state index < -0.39 is 16.0 Å². The largest absolute Gasteiger partial charge is 0.491 e. The van der Waals surface area contributed by atoms with Crippen molar-refractivity contribution in [3.05, 3.63) is 54.2 Å². The van der Waals surface area contributed by atoms with Crippen molar-refractivity contribution >= 4 is 26.9 Å². The van der Waals surface area contributed by atoms with Crippen molar-refractivity contribution in [1.29, 1.82) is 0 Å². The molecular weight excluding hydrogens is 470 g/mol. The molecule has 188 valence electrons. The van der Waals surface area contributed by atoms with Gasteiger partial charge in [0, 0.05) is 18.5 Å². The number of sulfonamides is 1. The Kier molecular flexibility index (Phi) is 7.44. The van der Waals surface area contributed by atoms with E-state index in [1.807, 2.05) is 45.0 Å². The summed E-state index contributed by atoms with van der Waals surface area (Å²) in [6.07, 6.45) is -0.0597. The Balaban J connectivity index is 1.50. The summed E-state index contributed by atoms with van der Waals surface area (Å²) in [4.78, 5) is 11.5. The minimum absolute atomic E-state index is 0.00526. The number of nitrogens with zero attached hydrogens (tertiary/aromatic N) is 3. The summed E-state index contributed by atoms with van der Waals surface area (Å²) < 4.78 is 41.1. The summed E-state index contributed by atoms with van der Waals surface area (Å²) in [7, 11) is -3.71. The molecule has 1 fully saturated rings. The lowest BCUT2D eigenvalue weighted by atomic mass is 10.1. The number of ether oxygens (including phenoxy) is 2. The topological polar surface area (TPSA) is 111 Å². The fourth-order valence-electron chi connectivity index (χ4n) is 4.40. The number of carboxylic acid groups (broad SMARTS) is 1. The summed E-state index contributed by atoms with van der Waals surface area (Å²) in [5.74, 6) is -0.379. The number of carboxylic acids is 1. The summed E-state index contributed by atoms with van der Waals surface area (Å²) in [5.41, 5.74) is 1.29. The zero-order valence-electron chi connectivity index (χ0n) is 20.1. The molecule has 0 saturated carbocycles. The average Bonchev–Trinajstić information content (AvgIpc) is 3.37. The van der Waals surface area contributed by atoms with Gasteiger partial charge in [-0.05, 0) is 50.1 Å². The summed E-state index contributed by atoms with van der Waals surface area (Å²) in [6, 6.07) is 13.7. The molecule has 0 bridgehead atoms. The van der Waals surface area contributed by atoms with Crippen molar-refractivity contribution in [3.63, 3.8) is 0 Å². The fraction of sp³-hybridized carbons (Fsp3) is 0.440. The van der Waals surface area contributed by atoms with Crippen molar-refractivity contribution in [2.75, 3.05) is 26.3 Å². The molecule has 0 spiro atoms. The van der Waals surface area contributed by atoms with Crippen LogP contribution < -0.4 is 4.74 Å². The molecular formula is C25H31N3O6S. The highest BCUT2D eigenvalue weighted by Gasteiger charge is 2.39. The Hall–Kier alpha value is -2.95. The Morgan fingerprint density at radius 3 is 2.51 bits per heavy atom. The number of carbonyl (C=O) groups is 1. The van der Waals surface area contributed by atoms with E-state index in [9.17, 15) is 18.3 Å². The minimum atomic E-state index is -3.71. The number of hydrogen-bond donors (Lipinski definition) is 1. The molecule has 2 aromatic carbocycles. The monoisotopic (exact) mass is 501 g/mol. The molecule has 1 aliphatic heterocycles. The highest BCUT2D eigenvalue weighted by Crippen LogP contribution is 2.34. The molecule has 10 heteroatoms. The standard InChI is InChI=1S/C25H31N3O6S/c1-17(2)33-12-13-34-19-8-10-20(11-9-19)35(31,32)27-15-18(3)24(16-27)28-23-7-5-4-6-21(23)22(26-28)14-25(29)30/h4-11,17-18,24H,12-16H2,1-3H3,(H,29,30)/t18-,24+/m1/s1. The second-order valence-corrected chi connectivity index (χ2v) is 11.0. The van der Waals surface area contributed by atoms with Crippen LogP contribution in [0.25, 0.3) is 10.9 Å². The highest BCUT2D eigenvalue weighted by atomic mass is 32.2. The lowest BCUT2D eigenvalue weighted by Crippen LogP contribution is -2.29. The normalized spacial score (nSPS) is 19.0. The molecule has 0 amide bonds. The number of aromatic nitrogens is 2. The van der Waals surface area contributed by atoms with E-state index in [0.29, 0.717) is 31.2 Å². The van der Waals surface area contributed by atoms with Gasteiger partial charge in [-0.15, -0.1) is 0 Å².